The van der Waals surface area contributed by atoms with Crippen LogP contribution in [0.5, 0.6) is 5.75 Å². The SMILES string of the molecule is CC(C)=CCC/C(C)=C/C(=O)c1cccc(C(=O)O)c1O. The minimum atomic E-state index is -1.26. The van der Waals surface area contributed by atoms with Gasteiger partial charge in [0.05, 0.1) is 5.56 Å². The lowest BCUT2D eigenvalue weighted by Crippen LogP contribution is -2.02. The fourth-order valence-corrected chi connectivity index (χ4v) is 1.88. The van der Waals surface area contributed by atoms with Crippen molar-refractivity contribution in [2.45, 2.75) is 33.6 Å². The fraction of sp³-hybridized carbons (Fsp3) is 0.294. The Hall–Kier alpha value is -2.36. The summed E-state index contributed by atoms with van der Waals surface area (Å²) in [7, 11) is 0. The molecular formula is C17H20O4. The van der Waals surface area contributed by atoms with Gasteiger partial charge in [-0.25, -0.2) is 4.79 Å². The van der Waals surface area contributed by atoms with E-state index in [1.807, 2.05) is 20.8 Å². The molecule has 2 N–H and O–H groups in total. The highest BCUT2D eigenvalue weighted by Gasteiger charge is 2.16. The number of carbonyl (C=O) groups is 2. The predicted octanol–water partition coefficient (Wildman–Crippen LogP) is 3.97. The highest BCUT2D eigenvalue weighted by atomic mass is 16.4. The van der Waals surface area contributed by atoms with E-state index in [0.717, 1.165) is 18.4 Å². The number of carboxylic acids is 1. The van der Waals surface area contributed by atoms with Gasteiger partial charge in [0.2, 0.25) is 0 Å². The van der Waals surface area contributed by atoms with Gasteiger partial charge in [0.15, 0.2) is 5.78 Å². The number of aromatic hydroxyl groups is 1. The molecule has 0 fully saturated rings. The van der Waals surface area contributed by atoms with Crippen molar-refractivity contribution in [2.24, 2.45) is 0 Å². The second kappa shape index (κ2) is 7.43. The molecule has 0 aromatic heterocycles. The molecule has 1 aromatic carbocycles. The Morgan fingerprint density at radius 3 is 2.33 bits per heavy atom. The second-order valence-corrected chi connectivity index (χ2v) is 5.18. The smallest absolute Gasteiger partial charge is 0.339 e. The lowest BCUT2D eigenvalue weighted by Gasteiger charge is -2.05. The zero-order valence-corrected chi connectivity index (χ0v) is 12.5. The molecule has 0 spiro atoms. The van der Waals surface area contributed by atoms with E-state index in [1.165, 1.54) is 29.8 Å². The molecule has 4 heteroatoms. The molecular weight excluding hydrogens is 268 g/mol. The average molecular weight is 288 g/mol. The van der Waals surface area contributed by atoms with Crippen LogP contribution < -0.4 is 0 Å². The Morgan fingerprint density at radius 2 is 1.76 bits per heavy atom. The molecule has 0 aliphatic heterocycles. The van der Waals surface area contributed by atoms with Crippen molar-refractivity contribution in [3.8, 4) is 5.75 Å². The van der Waals surface area contributed by atoms with E-state index in [2.05, 4.69) is 6.08 Å². The number of hydrogen-bond donors (Lipinski definition) is 2. The third-order valence-electron chi connectivity index (χ3n) is 3.00. The zero-order chi connectivity index (χ0) is 16.0. The van der Waals surface area contributed by atoms with Crippen molar-refractivity contribution in [3.05, 3.63) is 52.6 Å². The number of phenols is 1. The molecule has 0 amide bonds. The lowest BCUT2D eigenvalue weighted by molar-refractivity contribution is 0.0693. The number of benzene rings is 1. The molecule has 0 aliphatic rings. The van der Waals surface area contributed by atoms with Crippen LogP contribution >= 0.6 is 0 Å². The number of aromatic carboxylic acids is 1. The third-order valence-corrected chi connectivity index (χ3v) is 3.00. The van der Waals surface area contributed by atoms with Gasteiger partial charge in [-0.05, 0) is 51.8 Å². The summed E-state index contributed by atoms with van der Waals surface area (Å²) in [5.41, 5.74) is 1.85. The second-order valence-electron chi connectivity index (χ2n) is 5.18. The summed E-state index contributed by atoms with van der Waals surface area (Å²) in [6, 6.07) is 4.13. The maximum atomic E-state index is 12.1. The minimum Gasteiger partial charge on any atom is -0.506 e. The van der Waals surface area contributed by atoms with Gasteiger partial charge in [-0.2, -0.15) is 0 Å². The molecule has 0 bridgehead atoms. The summed E-state index contributed by atoms with van der Waals surface area (Å²) >= 11 is 0. The number of carbonyl (C=O) groups excluding carboxylic acids is 1. The molecule has 0 radical (unpaired) electrons. The van der Waals surface area contributed by atoms with Gasteiger partial charge in [-0.1, -0.05) is 23.3 Å². The largest absolute Gasteiger partial charge is 0.506 e. The van der Waals surface area contributed by atoms with Crippen LogP contribution in [0.2, 0.25) is 0 Å². The van der Waals surface area contributed by atoms with E-state index in [4.69, 9.17) is 5.11 Å². The molecule has 1 rings (SSSR count). The Labute approximate surface area is 124 Å². The van der Waals surface area contributed by atoms with Crippen LogP contribution in [0.1, 0.15) is 54.3 Å². The summed E-state index contributed by atoms with van der Waals surface area (Å²) in [6.45, 7) is 5.87. The number of allylic oxidation sites excluding steroid dienone is 4. The quantitative estimate of drug-likeness (QED) is 0.472. The average Bonchev–Trinajstić information content (AvgIpc) is 2.37. The zero-order valence-electron chi connectivity index (χ0n) is 12.5. The van der Waals surface area contributed by atoms with E-state index in [0.29, 0.717) is 0 Å². The van der Waals surface area contributed by atoms with Gasteiger partial charge >= 0.3 is 5.97 Å². The van der Waals surface area contributed by atoms with Crippen LogP contribution in [-0.4, -0.2) is 22.0 Å². The first-order valence-electron chi connectivity index (χ1n) is 6.73. The molecule has 0 unspecified atom stereocenters. The standard InChI is InChI=1S/C17H20O4/c1-11(2)6-4-7-12(3)10-15(18)13-8-5-9-14(16(13)19)17(20)21/h5-6,8-10,19H,4,7H2,1-3H3,(H,20,21)/b12-10+. The van der Waals surface area contributed by atoms with E-state index in [9.17, 15) is 14.7 Å². The molecule has 0 saturated carbocycles. The molecule has 1 aromatic rings. The molecule has 0 aliphatic carbocycles. The number of rotatable bonds is 6. The molecule has 112 valence electrons. The Balaban J connectivity index is 2.91. The first-order valence-corrected chi connectivity index (χ1v) is 6.73. The normalized spacial score (nSPS) is 11.1. The topological polar surface area (TPSA) is 74.6 Å². The first-order chi connectivity index (χ1) is 9.82. The molecule has 0 saturated heterocycles. The van der Waals surface area contributed by atoms with Gasteiger partial charge < -0.3 is 10.2 Å². The van der Waals surface area contributed by atoms with Crippen LogP contribution in [0.4, 0.5) is 0 Å². The van der Waals surface area contributed by atoms with Crippen LogP contribution in [0.25, 0.3) is 0 Å². The van der Waals surface area contributed by atoms with E-state index >= 15 is 0 Å². The molecule has 4 nitrogen and oxygen atoms in total. The molecule has 0 heterocycles. The van der Waals surface area contributed by atoms with Gasteiger partial charge in [-0.3, -0.25) is 4.79 Å². The third kappa shape index (κ3) is 4.91. The number of carboxylic acid groups (broad SMARTS) is 1. The molecule has 21 heavy (non-hydrogen) atoms. The highest BCUT2D eigenvalue weighted by molar-refractivity contribution is 6.09. The van der Waals surface area contributed by atoms with Gasteiger partial charge in [0, 0.05) is 0 Å². The lowest BCUT2D eigenvalue weighted by atomic mass is 10.0. The van der Waals surface area contributed by atoms with Crippen molar-refractivity contribution in [1.82, 2.24) is 0 Å². The minimum absolute atomic E-state index is 0.0106. The van der Waals surface area contributed by atoms with Crippen LogP contribution in [0, 0.1) is 0 Å². The van der Waals surface area contributed by atoms with Crippen LogP contribution in [-0.2, 0) is 0 Å². The van der Waals surface area contributed by atoms with Crippen molar-refractivity contribution >= 4 is 11.8 Å². The Bertz CT molecular complexity index is 605. The van der Waals surface area contributed by atoms with Gasteiger partial charge in [-0.15, -0.1) is 0 Å². The first kappa shape index (κ1) is 16.7. The van der Waals surface area contributed by atoms with Gasteiger partial charge in [0.25, 0.3) is 0 Å². The van der Waals surface area contributed by atoms with E-state index < -0.39 is 11.7 Å². The Kier molecular flexibility index (Phi) is 5.91. The predicted molar refractivity (Wildman–Crippen MR) is 81.8 cm³/mol. The van der Waals surface area contributed by atoms with Crippen LogP contribution in [0.3, 0.4) is 0 Å². The summed E-state index contributed by atoms with van der Waals surface area (Å²) in [5, 5.41) is 18.8. The van der Waals surface area contributed by atoms with E-state index in [-0.39, 0.29) is 16.9 Å². The maximum absolute atomic E-state index is 12.1. The van der Waals surface area contributed by atoms with Crippen molar-refractivity contribution in [1.29, 1.82) is 0 Å². The van der Waals surface area contributed by atoms with Crippen molar-refractivity contribution < 1.29 is 19.8 Å². The van der Waals surface area contributed by atoms with Gasteiger partial charge in [0.1, 0.15) is 11.3 Å². The Morgan fingerprint density at radius 1 is 1.14 bits per heavy atom. The summed E-state index contributed by atoms with van der Waals surface area (Å²) in [4.78, 5) is 23.0. The molecule has 0 atom stereocenters. The van der Waals surface area contributed by atoms with Crippen LogP contribution in [0.15, 0.2) is 41.5 Å². The number of hydrogen-bond acceptors (Lipinski definition) is 3. The summed E-state index contributed by atoms with van der Waals surface area (Å²) < 4.78 is 0. The van der Waals surface area contributed by atoms with Crippen molar-refractivity contribution in [3.63, 3.8) is 0 Å². The number of ketones is 1. The summed E-state index contributed by atoms with van der Waals surface area (Å²) in [5.74, 6) is -2.12. The van der Waals surface area contributed by atoms with E-state index in [1.54, 1.807) is 0 Å². The monoisotopic (exact) mass is 288 g/mol. The maximum Gasteiger partial charge on any atom is 0.339 e. The van der Waals surface area contributed by atoms with Crippen molar-refractivity contribution in [2.75, 3.05) is 0 Å². The summed E-state index contributed by atoms with van der Waals surface area (Å²) in [6.07, 6.45) is 5.12. The number of para-hydroxylation sites is 1. The fourth-order valence-electron chi connectivity index (χ4n) is 1.88. The highest BCUT2D eigenvalue weighted by Crippen LogP contribution is 2.23.